The van der Waals surface area contributed by atoms with E-state index in [0.717, 1.165) is 35.1 Å². The molecule has 0 saturated heterocycles. The fourth-order valence-electron chi connectivity index (χ4n) is 4.21. The van der Waals surface area contributed by atoms with Gasteiger partial charge in [-0.05, 0) is 37.1 Å². The van der Waals surface area contributed by atoms with Crippen LogP contribution in [0.1, 0.15) is 43.7 Å². The first-order valence-electron chi connectivity index (χ1n) is 8.84. The summed E-state index contributed by atoms with van der Waals surface area (Å²) in [6.07, 6.45) is 9.80. The molecule has 1 fully saturated rings. The molecule has 1 aliphatic carbocycles. The van der Waals surface area contributed by atoms with Gasteiger partial charge in [-0.25, -0.2) is 9.37 Å². The number of pyridine rings is 2. The molecule has 0 aliphatic heterocycles. The van der Waals surface area contributed by atoms with E-state index in [2.05, 4.69) is 11.2 Å². The third-order valence-corrected chi connectivity index (χ3v) is 5.44. The van der Waals surface area contributed by atoms with Crippen LogP contribution in [-0.4, -0.2) is 14.4 Å². The fraction of sp³-hybridized carbons (Fsp3) is 0.300. The molecule has 5 heteroatoms. The van der Waals surface area contributed by atoms with Gasteiger partial charge >= 0.3 is 0 Å². The molecule has 0 spiro atoms. The van der Waals surface area contributed by atoms with Crippen molar-refractivity contribution in [1.82, 2.24) is 14.4 Å². The monoisotopic (exact) mass is 335 g/mol. The van der Waals surface area contributed by atoms with Crippen LogP contribution in [0.15, 0.2) is 41.5 Å². The summed E-state index contributed by atoms with van der Waals surface area (Å²) < 4.78 is 15.8. The molecule has 0 bridgehead atoms. The maximum absolute atomic E-state index is 13.9. The van der Waals surface area contributed by atoms with Crippen molar-refractivity contribution in [3.05, 3.63) is 58.5 Å². The Morgan fingerprint density at radius 1 is 1.12 bits per heavy atom. The molecule has 0 amide bonds. The van der Waals surface area contributed by atoms with E-state index in [1.54, 1.807) is 12.3 Å². The molecule has 0 unspecified atom stereocenters. The van der Waals surface area contributed by atoms with Gasteiger partial charge in [0.1, 0.15) is 11.5 Å². The van der Waals surface area contributed by atoms with Gasteiger partial charge in [-0.2, -0.15) is 0 Å². The molecule has 0 radical (unpaired) electrons. The zero-order valence-electron chi connectivity index (χ0n) is 13.8. The van der Waals surface area contributed by atoms with E-state index >= 15 is 0 Å². The Morgan fingerprint density at radius 3 is 2.80 bits per heavy atom. The largest absolute Gasteiger partial charge is 0.328 e. The van der Waals surface area contributed by atoms with Gasteiger partial charge < -0.3 is 4.98 Å². The summed E-state index contributed by atoms with van der Waals surface area (Å²) >= 11 is 0. The van der Waals surface area contributed by atoms with Gasteiger partial charge in [-0.3, -0.25) is 9.20 Å². The summed E-state index contributed by atoms with van der Waals surface area (Å²) in [6, 6.07) is 6.45. The van der Waals surface area contributed by atoms with Crippen LogP contribution in [0.2, 0.25) is 0 Å². The third-order valence-electron chi connectivity index (χ3n) is 5.44. The number of benzene rings is 1. The summed E-state index contributed by atoms with van der Waals surface area (Å²) in [6.45, 7) is 0. The molecule has 3 heterocycles. The first-order valence-corrected chi connectivity index (χ1v) is 8.84. The minimum absolute atomic E-state index is 0.206. The lowest BCUT2D eigenvalue weighted by molar-refractivity contribution is 0.438. The van der Waals surface area contributed by atoms with Crippen molar-refractivity contribution < 1.29 is 4.39 Å². The van der Waals surface area contributed by atoms with Gasteiger partial charge in [-0.15, -0.1) is 0 Å². The average Bonchev–Trinajstić information content (AvgIpc) is 3.08. The van der Waals surface area contributed by atoms with Crippen LogP contribution in [-0.2, 0) is 0 Å². The molecule has 0 atom stereocenters. The molecule has 3 aromatic heterocycles. The zero-order valence-corrected chi connectivity index (χ0v) is 13.8. The van der Waals surface area contributed by atoms with Crippen molar-refractivity contribution in [1.29, 1.82) is 0 Å². The molecule has 1 saturated carbocycles. The maximum atomic E-state index is 13.9. The molecular formula is C20H18FN3O. The van der Waals surface area contributed by atoms with Gasteiger partial charge in [0.15, 0.2) is 0 Å². The molecule has 5 rings (SSSR count). The van der Waals surface area contributed by atoms with Gasteiger partial charge in [-0.1, -0.05) is 19.3 Å². The number of hydrogen-bond donors (Lipinski definition) is 1. The van der Waals surface area contributed by atoms with Crippen LogP contribution in [0, 0.1) is 5.82 Å². The highest BCUT2D eigenvalue weighted by Gasteiger charge is 2.21. The van der Waals surface area contributed by atoms with Crippen LogP contribution >= 0.6 is 0 Å². The second-order valence-electron chi connectivity index (χ2n) is 6.95. The van der Waals surface area contributed by atoms with E-state index in [1.165, 1.54) is 31.4 Å². The fourth-order valence-corrected chi connectivity index (χ4v) is 4.21. The predicted molar refractivity (Wildman–Crippen MR) is 96.6 cm³/mol. The van der Waals surface area contributed by atoms with E-state index in [0.29, 0.717) is 16.7 Å². The highest BCUT2D eigenvalue weighted by atomic mass is 19.1. The lowest BCUT2D eigenvalue weighted by Gasteiger charge is -2.19. The Bertz CT molecular complexity index is 1170. The summed E-state index contributed by atoms with van der Waals surface area (Å²) in [5.41, 5.74) is 2.45. The first kappa shape index (κ1) is 14.6. The van der Waals surface area contributed by atoms with Crippen molar-refractivity contribution >= 4 is 27.3 Å². The molecule has 4 nitrogen and oxygen atoms in total. The van der Waals surface area contributed by atoms with E-state index in [4.69, 9.17) is 4.98 Å². The lowest BCUT2D eigenvalue weighted by Crippen LogP contribution is -2.07. The number of nitrogens with one attached hydrogen (secondary N) is 1. The van der Waals surface area contributed by atoms with Gasteiger partial charge in [0, 0.05) is 29.1 Å². The van der Waals surface area contributed by atoms with Crippen molar-refractivity contribution in [3.63, 3.8) is 0 Å². The number of aromatic nitrogens is 3. The van der Waals surface area contributed by atoms with Crippen LogP contribution < -0.4 is 5.56 Å². The molecule has 1 aromatic carbocycles. The van der Waals surface area contributed by atoms with E-state index < -0.39 is 0 Å². The predicted octanol–water partition coefficient (Wildman–Crippen LogP) is 4.52. The lowest BCUT2D eigenvalue weighted by atomic mass is 9.87. The minimum atomic E-state index is -0.347. The minimum Gasteiger partial charge on any atom is -0.328 e. The number of rotatable bonds is 1. The standard InChI is InChI=1S/C20H18FN3O/c21-13-6-7-14-15(10-13)18-17(8-9-22-20(18)25)24-11-16(23-19(14)24)12-4-2-1-3-5-12/h6-12H,1-5H2,(H,22,25). The molecule has 1 N–H and O–H groups in total. The van der Waals surface area contributed by atoms with Crippen molar-refractivity contribution in [2.45, 2.75) is 38.0 Å². The number of aromatic amines is 1. The molecular weight excluding hydrogens is 317 g/mol. The van der Waals surface area contributed by atoms with Gasteiger partial charge in [0.05, 0.1) is 16.6 Å². The third kappa shape index (κ3) is 2.18. The number of hydrogen-bond acceptors (Lipinski definition) is 2. The summed E-state index contributed by atoms with van der Waals surface area (Å²) in [5.74, 6) is 0.127. The van der Waals surface area contributed by atoms with Crippen LogP contribution in [0.5, 0.6) is 0 Å². The van der Waals surface area contributed by atoms with Crippen molar-refractivity contribution in [3.8, 4) is 0 Å². The van der Waals surface area contributed by atoms with E-state index in [-0.39, 0.29) is 11.4 Å². The number of halogens is 1. The summed E-state index contributed by atoms with van der Waals surface area (Å²) in [5, 5.41) is 1.94. The molecule has 126 valence electrons. The second-order valence-corrected chi connectivity index (χ2v) is 6.95. The highest BCUT2D eigenvalue weighted by Crippen LogP contribution is 2.34. The maximum Gasteiger partial charge on any atom is 0.257 e. The average molecular weight is 335 g/mol. The van der Waals surface area contributed by atoms with Gasteiger partial charge in [0.2, 0.25) is 0 Å². The van der Waals surface area contributed by atoms with E-state index in [9.17, 15) is 9.18 Å². The number of nitrogens with zero attached hydrogens (tertiary/aromatic N) is 2. The quantitative estimate of drug-likeness (QED) is 0.520. The Labute approximate surface area is 143 Å². The van der Waals surface area contributed by atoms with Gasteiger partial charge in [0.25, 0.3) is 5.56 Å². The Hall–Kier alpha value is -2.69. The van der Waals surface area contributed by atoms with Crippen LogP contribution in [0.25, 0.3) is 27.3 Å². The zero-order chi connectivity index (χ0) is 17.0. The van der Waals surface area contributed by atoms with Crippen LogP contribution in [0.3, 0.4) is 0 Å². The Kier molecular flexibility index (Phi) is 3.17. The molecule has 1 aliphatic rings. The topological polar surface area (TPSA) is 50.2 Å². The highest BCUT2D eigenvalue weighted by molar-refractivity contribution is 6.11. The number of fused-ring (bicyclic) bond motifs is 6. The van der Waals surface area contributed by atoms with E-state index in [1.807, 2.05) is 10.5 Å². The Morgan fingerprint density at radius 2 is 1.96 bits per heavy atom. The molecule has 25 heavy (non-hydrogen) atoms. The second kappa shape index (κ2) is 5.41. The van der Waals surface area contributed by atoms with Crippen molar-refractivity contribution in [2.75, 3.05) is 0 Å². The summed E-state index contributed by atoms with van der Waals surface area (Å²) in [4.78, 5) is 20.1. The molecule has 4 aromatic rings. The van der Waals surface area contributed by atoms with Crippen molar-refractivity contribution in [2.24, 2.45) is 0 Å². The SMILES string of the molecule is O=c1[nH]ccc2c1c1cc(F)ccc1c1nc(C3CCCCC3)cn21. The summed E-state index contributed by atoms with van der Waals surface area (Å²) in [7, 11) is 0. The number of H-pyrrole nitrogens is 1. The number of imidazole rings is 1. The smallest absolute Gasteiger partial charge is 0.257 e. The first-order chi connectivity index (χ1) is 12.2. The van der Waals surface area contributed by atoms with Crippen LogP contribution in [0.4, 0.5) is 4.39 Å². The normalized spacial score (nSPS) is 16.2. The Balaban J connectivity index is 1.91.